The summed E-state index contributed by atoms with van der Waals surface area (Å²) >= 11 is 3.49. The molecule has 0 aromatic heterocycles. The van der Waals surface area contributed by atoms with Crippen LogP contribution in [-0.2, 0) is 11.2 Å². The van der Waals surface area contributed by atoms with Crippen LogP contribution in [0.1, 0.15) is 5.56 Å². The third kappa shape index (κ3) is 4.03. The Hall–Kier alpha value is -1.49. The van der Waals surface area contributed by atoms with Gasteiger partial charge in [-0.2, -0.15) is 0 Å². The molecule has 1 aromatic rings. The molecule has 1 rings (SSSR count). The van der Waals surface area contributed by atoms with E-state index in [-0.39, 0.29) is 6.42 Å². The lowest BCUT2D eigenvalue weighted by atomic mass is 10.1. The first-order valence-electron chi connectivity index (χ1n) is 4.36. The van der Waals surface area contributed by atoms with Crippen molar-refractivity contribution in [3.63, 3.8) is 0 Å². The van der Waals surface area contributed by atoms with Gasteiger partial charge in [-0.1, -0.05) is 43.0 Å². The highest BCUT2D eigenvalue weighted by atomic mass is 32.1. The van der Waals surface area contributed by atoms with E-state index in [0.717, 1.165) is 5.56 Å². The summed E-state index contributed by atoms with van der Waals surface area (Å²) in [5.41, 5.74) is 0.854. The maximum absolute atomic E-state index is 10.8. The van der Waals surface area contributed by atoms with Crippen molar-refractivity contribution >= 4 is 23.8 Å². The number of carbonyl (C=O) groups is 2. The predicted molar refractivity (Wildman–Crippen MR) is 59.1 cm³/mol. The van der Waals surface area contributed by atoms with E-state index >= 15 is 0 Å². The Morgan fingerprint density at radius 2 is 1.93 bits per heavy atom. The molecule has 15 heavy (non-hydrogen) atoms. The van der Waals surface area contributed by atoms with E-state index < -0.39 is 17.3 Å². The van der Waals surface area contributed by atoms with Crippen LogP contribution in [0.3, 0.4) is 0 Å². The molecular formula is C10H11NO3S. The minimum atomic E-state index is -1.07. The van der Waals surface area contributed by atoms with Crippen LogP contribution in [0.2, 0.25) is 0 Å². The molecular weight excluding hydrogens is 214 g/mol. The molecule has 0 aliphatic heterocycles. The SMILES string of the molecule is O=C(S)N[C@@H](Cc1ccccc1)C(=O)O. The molecule has 1 aromatic carbocycles. The van der Waals surface area contributed by atoms with Crippen LogP contribution in [0.4, 0.5) is 4.79 Å². The molecule has 0 bridgehead atoms. The highest BCUT2D eigenvalue weighted by Crippen LogP contribution is 2.03. The second kappa shape index (κ2) is 5.41. The van der Waals surface area contributed by atoms with Crippen molar-refractivity contribution in [2.75, 3.05) is 0 Å². The highest BCUT2D eigenvalue weighted by molar-refractivity contribution is 7.96. The normalized spacial score (nSPS) is 11.8. The molecule has 80 valence electrons. The summed E-state index contributed by atoms with van der Waals surface area (Å²) in [7, 11) is 0. The van der Waals surface area contributed by atoms with Gasteiger partial charge in [0.2, 0.25) is 0 Å². The number of hydrogen-bond acceptors (Lipinski definition) is 2. The van der Waals surface area contributed by atoms with Crippen LogP contribution >= 0.6 is 12.6 Å². The first-order chi connectivity index (χ1) is 7.09. The molecule has 0 saturated carbocycles. The van der Waals surface area contributed by atoms with Gasteiger partial charge in [0.1, 0.15) is 6.04 Å². The summed E-state index contributed by atoms with van der Waals surface area (Å²) in [5, 5.41) is 10.4. The van der Waals surface area contributed by atoms with Crippen molar-refractivity contribution in [3.8, 4) is 0 Å². The topological polar surface area (TPSA) is 66.4 Å². The summed E-state index contributed by atoms with van der Waals surface area (Å²) in [6, 6.07) is 8.16. The minimum absolute atomic E-state index is 0.252. The Morgan fingerprint density at radius 1 is 1.33 bits per heavy atom. The first kappa shape index (κ1) is 11.6. The number of thiol groups is 1. The number of carboxylic acid groups (broad SMARTS) is 1. The number of rotatable bonds is 4. The highest BCUT2D eigenvalue weighted by Gasteiger charge is 2.18. The van der Waals surface area contributed by atoms with E-state index in [0.29, 0.717) is 0 Å². The fraction of sp³-hybridized carbons (Fsp3) is 0.200. The summed E-state index contributed by atoms with van der Waals surface area (Å²) in [6.07, 6.45) is 0.252. The maximum atomic E-state index is 10.8. The van der Waals surface area contributed by atoms with E-state index in [4.69, 9.17) is 5.11 Å². The van der Waals surface area contributed by atoms with Crippen molar-refractivity contribution < 1.29 is 14.7 Å². The van der Waals surface area contributed by atoms with Crippen molar-refractivity contribution in [1.82, 2.24) is 5.32 Å². The standard InChI is InChI=1S/C10H11NO3S/c12-9(13)8(11-10(14)15)6-7-4-2-1-3-5-7/h1-5,8H,6H2,(H,12,13)(H2,11,14,15)/t8-/m0/s1. The summed E-state index contributed by atoms with van der Waals surface area (Å²) in [4.78, 5) is 21.4. The molecule has 5 heteroatoms. The van der Waals surface area contributed by atoms with Crippen molar-refractivity contribution in [3.05, 3.63) is 35.9 Å². The van der Waals surface area contributed by atoms with Gasteiger partial charge in [-0.3, -0.25) is 4.79 Å². The van der Waals surface area contributed by atoms with Crippen LogP contribution in [0, 0.1) is 0 Å². The molecule has 4 nitrogen and oxygen atoms in total. The zero-order valence-electron chi connectivity index (χ0n) is 7.88. The van der Waals surface area contributed by atoms with Crippen molar-refractivity contribution in [2.24, 2.45) is 0 Å². The molecule has 0 radical (unpaired) electrons. The molecule has 0 aliphatic rings. The van der Waals surface area contributed by atoms with Gasteiger partial charge in [-0.05, 0) is 5.56 Å². The van der Waals surface area contributed by atoms with Gasteiger partial charge in [0.15, 0.2) is 0 Å². The minimum Gasteiger partial charge on any atom is -0.480 e. The van der Waals surface area contributed by atoms with E-state index in [1.165, 1.54) is 0 Å². The Bertz CT molecular complexity index is 353. The number of amides is 1. The molecule has 0 unspecified atom stereocenters. The molecule has 0 fully saturated rings. The number of carbonyl (C=O) groups excluding carboxylic acids is 1. The van der Waals surface area contributed by atoms with Crippen LogP contribution in [-0.4, -0.2) is 22.4 Å². The van der Waals surface area contributed by atoms with E-state index in [1.54, 1.807) is 12.1 Å². The van der Waals surface area contributed by atoms with E-state index in [2.05, 4.69) is 17.9 Å². The van der Waals surface area contributed by atoms with Gasteiger partial charge in [0, 0.05) is 6.42 Å². The second-order valence-corrected chi connectivity index (χ2v) is 3.44. The lowest BCUT2D eigenvalue weighted by molar-refractivity contribution is -0.139. The van der Waals surface area contributed by atoms with Crippen LogP contribution < -0.4 is 5.32 Å². The summed E-state index contributed by atoms with van der Waals surface area (Å²) < 4.78 is 0. The van der Waals surface area contributed by atoms with Crippen LogP contribution in [0.15, 0.2) is 30.3 Å². The lowest BCUT2D eigenvalue weighted by Crippen LogP contribution is -2.39. The van der Waals surface area contributed by atoms with Gasteiger partial charge in [0.25, 0.3) is 5.24 Å². The Labute approximate surface area is 92.7 Å². The first-order valence-corrected chi connectivity index (χ1v) is 4.80. The third-order valence-corrected chi connectivity index (χ3v) is 2.01. The summed E-state index contributed by atoms with van der Waals surface area (Å²) in [6.45, 7) is 0. The van der Waals surface area contributed by atoms with Gasteiger partial charge >= 0.3 is 5.97 Å². The fourth-order valence-corrected chi connectivity index (χ4v) is 1.35. The van der Waals surface area contributed by atoms with Gasteiger partial charge in [0.05, 0.1) is 0 Å². The fourth-order valence-electron chi connectivity index (χ4n) is 1.20. The predicted octanol–water partition coefficient (Wildman–Crippen LogP) is 1.32. The van der Waals surface area contributed by atoms with Gasteiger partial charge in [-0.25, -0.2) is 4.79 Å². The van der Waals surface area contributed by atoms with Crippen molar-refractivity contribution in [2.45, 2.75) is 12.5 Å². The third-order valence-electron chi connectivity index (χ3n) is 1.88. The van der Waals surface area contributed by atoms with E-state index in [9.17, 15) is 9.59 Å². The number of benzene rings is 1. The molecule has 0 aliphatic carbocycles. The Balaban J connectivity index is 2.67. The quantitative estimate of drug-likeness (QED) is 0.677. The second-order valence-electron chi connectivity index (χ2n) is 3.03. The van der Waals surface area contributed by atoms with E-state index in [1.807, 2.05) is 18.2 Å². The monoisotopic (exact) mass is 225 g/mol. The van der Waals surface area contributed by atoms with Gasteiger partial charge in [-0.15, -0.1) is 0 Å². The number of hydrogen-bond donors (Lipinski definition) is 3. The van der Waals surface area contributed by atoms with Crippen LogP contribution in [0.25, 0.3) is 0 Å². The largest absolute Gasteiger partial charge is 0.480 e. The zero-order valence-corrected chi connectivity index (χ0v) is 8.78. The lowest BCUT2D eigenvalue weighted by Gasteiger charge is -2.12. The van der Waals surface area contributed by atoms with Gasteiger partial charge < -0.3 is 10.4 Å². The maximum Gasteiger partial charge on any atom is 0.326 e. The Morgan fingerprint density at radius 3 is 2.40 bits per heavy atom. The number of nitrogens with one attached hydrogen (secondary N) is 1. The molecule has 0 saturated heterocycles. The Kier molecular flexibility index (Phi) is 4.17. The molecule has 1 atom stereocenters. The molecule has 0 heterocycles. The average Bonchev–Trinajstić information content (AvgIpc) is 2.17. The molecule has 1 amide bonds. The van der Waals surface area contributed by atoms with Crippen molar-refractivity contribution in [1.29, 1.82) is 0 Å². The smallest absolute Gasteiger partial charge is 0.326 e. The molecule has 2 N–H and O–H groups in total. The summed E-state index contributed by atoms with van der Waals surface area (Å²) in [5.74, 6) is -1.07. The molecule has 0 spiro atoms. The zero-order chi connectivity index (χ0) is 11.3. The number of carboxylic acids is 1. The number of aliphatic carboxylic acids is 1. The average molecular weight is 225 g/mol. The van der Waals surface area contributed by atoms with Crippen LogP contribution in [0.5, 0.6) is 0 Å².